The number of nitrogens with zero attached hydrogens (tertiary/aromatic N) is 2. The average molecular weight is 336 g/mol. The van der Waals surface area contributed by atoms with Gasteiger partial charge >= 0.3 is 0 Å². The van der Waals surface area contributed by atoms with Gasteiger partial charge in [0.15, 0.2) is 0 Å². The van der Waals surface area contributed by atoms with Crippen LogP contribution in [0.1, 0.15) is 23.0 Å². The number of benzene rings is 1. The van der Waals surface area contributed by atoms with E-state index in [1.54, 1.807) is 13.3 Å². The van der Waals surface area contributed by atoms with Gasteiger partial charge in [0.25, 0.3) is 0 Å². The van der Waals surface area contributed by atoms with E-state index < -0.39 is 0 Å². The van der Waals surface area contributed by atoms with Crippen molar-refractivity contribution in [1.29, 1.82) is 0 Å². The lowest BCUT2D eigenvalue weighted by Crippen LogP contribution is -2.20. The van der Waals surface area contributed by atoms with Gasteiger partial charge < -0.3 is 10.1 Å². The molecule has 0 amide bonds. The number of methoxy groups -OCH3 is 1. The molecule has 0 radical (unpaired) electrons. The molecule has 0 aliphatic carbocycles. The van der Waals surface area contributed by atoms with Crippen LogP contribution in [0.5, 0.6) is 5.75 Å². The summed E-state index contributed by atoms with van der Waals surface area (Å²) in [6, 6.07) is 6.09. The van der Waals surface area contributed by atoms with E-state index in [1.165, 1.54) is 5.56 Å². The van der Waals surface area contributed by atoms with Crippen molar-refractivity contribution in [3.8, 4) is 5.75 Å². The van der Waals surface area contributed by atoms with Gasteiger partial charge in [0.1, 0.15) is 5.75 Å². The van der Waals surface area contributed by atoms with Crippen molar-refractivity contribution in [2.45, 2.75) is 19.4 Å². The number of aryl methyl sites for hydroxylation is 1. The summed E-state index contributed by atoms with van der Waals surface area (Å²) in [7, 11) is 3.61. The monoisotopic (exact) mass is 335 g/mol. The van der Waals surface area contributed by atoms with Crippen LogP contribution in [0.15, 0.2) is 35.1 Å². The molecule has 1 atom stereocenters. The topological polar surface area (TPSA) is 47.0 Å². The first-order chi connectivity index (χ1) is 9.63. The molecule has 106 valence electrons. The quantitative estimate of drug-likeness (QED) is 0.912. The van der Waals surface area contributed by atoms with E-state index in [0.717, 1.165) is 28.0 Å². The summed E-state index contributed by atoms with van der Waals surface area (Å²) in [6.45, 7) is 1.93. The van der Waals surface area contributed by atoms with Crippen LogP contribution >= 0.6 is 15.9 Å². The van der Waals surface area contributed by atoms with Crippen molar-refractivity contribution in [3.05, 3.63) is 52.0 Å². The number of halogens is 1. The van der Waals surface area contributed by atoms with Gasteiger partial charge in [0.05, 0.1) is 30.7 Å². The van der Waals surface area contributed by atoms with Gasteiger partial charge in [-0.05, 0) is 44.2 Å². The molecule has 4 nitrogen and oxygen atoms in total. The molecule has 1 heterocycles. The second-order valence-electron chi connectivity index (χ2n) is 4.59. The zero-order chi connectivity index (χ0) is 14.5. The van der Waals surface area contributed by atoms with Gasteiger partial charge in [0, 0.05) is 10.7 Å². The van der Waals surface area contributed by atoms with Crippen LogP contribution in [0.2, 0.25) is 0 Å². The minimum Gasteiger partial charge on any atom is -0.497 e. The Bertz CT molecular complexity index is 572. The molecule has 5 heteroatoms. The maximum Gasteiger partial charge on any atom is 0.119 e. The normalized spacial score (nSPS) is 12.2. The second-order valence-corrected chi connectivity index (χ2v) is 5.44. The number of likely N-dealkylation sites (N-methyl/N-ethyl adjacent to an activating group) is 1. The second kappa shape index (κ2) is 6.81. The zero-order valence-electron chi connectivity index (χ0n) is 11.9. The standard InChI is InChI=1S/C15H18BrN3O/c1-10-8-19-15(9-18-10)14(17-2)7-11-6-12(20-3)4-5-13(11)16/h4-6,8-9,14,17H,7H2,1-3H3. The smallest absolute Gasteiger partial charge is 0.119 e. The van der Waals surface area contributed by atoms with E-state index in [9.17, 15) is 0 Å². The number of hydrogen-bond donors (Lipinski definition) is 1. The largest absolute Gasteiger partial charge is 0.497 e. The third-order valence-electron chi connectivity index (χ3n) is 3.18. The van der Waals surface area contributed by atoms with Gasteiger partial charge in [-0.15, -0.1) is 0 Å². The van der Waals surface area contributed by atoms with Crippen molar-refractivity contribution >= 4 is 15.9 Å². The van der Waals surface area contributed by atoms with Crippen LogP contribution in [0, 0.1) is 6.92 Å². The first-order valence-corrected chi connectivity index (χ1v) is 7.21. The summed E-state index contributed by atoms with van der Waals surface area (Å²) in [5.41, 5.74) is 3.03. The van der Waals surface area contributed by atoms with E-state index in [4.69, 9.17) is 4.74 Å². The Morgan fingerprint density at radius 1 is 1.30 bits per heavy atom. The lowest BCUT2D eigenvalue weighted by Gasteiger charge is -2.17. The number of nitrogens with one attached hydrogen (secondary N) is 1. The molecule has 1 N–H and O–H groups in total. The van der Waals surface area contributed by atoms with E-state index >= 15 is 0 Å². The predicted octanol–water partition coefficient (Wildman–Crippen LogP) is 3.06. The van der Waals surface area contributed by atoms with Crippen LogP contribution in [0.4, 0.5) is 0 Å². The summed E-state index contributed by atoms with van der Waals surface area (Å²) < 4.78 is 6.35. The van der Waals surface area contributed by atoms with Crippen molar-refractivity contribution < 1.29 is 4.74 Å². The molecule has 0 aliphatic heterocycles. The molecule has 0 saturated heterocycles. The molecular formula is C15H18BrN3O. The third kappa shape index (κ3) is 3.55. The fourth-order valence-electron chi connectivity index (χ4n) is 1.99. The average Bonchev–Trinajstić information content (AvgIpc) is 2.47. The molecule has 20 heavy (non-hydrogen) atoms. The summed E-state index contributed by atoms with van der Waals surface area (Å²) >= 11 is 3.58. The molecule has 2 rings (SSSR count). The Balaban J connectivity index is 2.23. The van der Waals surface area contributed by atoms with E-state index in [0.29, 0.717) is 0 Å². The zero-order valence-corrected chi connectivity index (χ0v) is 13.4. The number of ether oxygens (including phenoxy) is 1. The maximum atomic E-state index is 5.28. The van der Waals surface area contributed by atoms with Crippen LogP contribution < -0.4 is 10.1 Å². The van der Waals surface area contributed by atoms with Crippen LogP contribution in [0.3, 0.4) is 0 Å². The minimum atomic E-state index is 0.117. The SMILES string of the molecule is CNC(Cc1cc(OC)ccc1Br)c1cnc(C)cn1. The van der Waals surface area contributed by atoms with E-state index in [-0.39, 0.29) is 6.04 Å². The van der Waals surface area contributed by atoms with Crippen LogP contribution in [-0.4, -0.2) is 24.1 Å². The summed E-state index contributed by atoms with van der Waals surface area (Å²) in [4.78, 5) is 8.75. The molecule has 1 unspecified atom stereocenters. The summed E-state index contributed by atoms with van der Waals surface area (Å²) in [6.07, 6.45) is 4.43. The van der Waals surface area contributed by atoms with Crippen molar-refractivity contribution in [2.75, 3.05) is 14.2 Å². The number of aromatic nitrogens is 2. The Kier molecular flexibility index (Phi) is 5.09. The van der Waals surface area contributed by atoms with Crippen LogP contribution in [0.25, 0.3) is 0 Å². The number of rotatable bonds is 5. The third-order valence-corrected chi connectivity index (χ3v) is 3.96. The highest BCUT2D eigenvalue weighted by Crippen LogP contribution is 2.26. The van der Waals surface area contributed by atoms with Gasteiger partial charge in [-0.1, -0.05) is 15.9 Å². The van der Waals surface area contributed by atoms with Gasteiger partial charge in [0.2, 0.25) is 0 Å². The van der Waals surface area contributed by atoms with Crippen molar-refractivity contribution in [3.63, 3.8) is 0 Å². The molecule has 0 aliphatic rings. The predicted molar refractivity (Wildman–Crippen MR) is 83.0 cm³/mol. The lowest BCUT2D eigenvalue weighted by molar-refractivity contribution is 0.413. The molecule has 1 aromatic carbocycles. The van der Waals surface area contributed by atoms with Crippen LogP contribution in [-0.2, 0) is 6.42 Å². The molecule has 0 bridgehead atoms. The van der Waals surface area contributed by atoms with E-state index in [2.05, 4.69) is 31.2 Å². The molecule has 1 aromatic heterocycles. The summed E-state index contributed by atoms with van der Waals surface area (Å²) in [5.74, 6) is 0.855. The highest BCUT2D eigenvalue weighted by atomic mass is 79.9. The van der Waals surface area contributed by atoms with Gasteiger partial charge in [-0.2, -0.15) is 0 Å². The fourth-order valence-corrected chi connectivity index (χ4v) is 2.40. The number of hydrogen-bond acceptors (Lipinski definition) is 4. The maximum absolute atomic E-state index is 5.28. The van der Waals surface area contributed by atoms with Crippen molar-refractivity contribution in [1.82, 2.24) is 15.3 Å². The Morgan fingerprint density at radius 3 is 2.70 bits per heavy atom. The molecule has 0 saturated carbocycles. The highest BCUT2D eigenvalue weighted by molar-refractivity contribution is 9.10. The van der Waals surface area contributed by atoms with Gasteiger partial charge in [-0.25, -0.2) is 0 Å². The van der Waals surface area contributed by atoms with Crippen molar-refractivity contribution in [2.24, 2.45) is 0 Å². The molecular weight excluding hydrogens is 318 g/mol. The Hall–Kier alpha value is -1.46. The molecule has 2 aromatic rings. The van der Waals surface area contributed by atoms with E-state index in [1.807, 2.05) is 38.4 Å². The molecule has 0 spiro atoms. The van der Waals surface area contributed by atoms with Gasteiger partial charge in [-0.3, -0.25) is 9.97 Å². The lowest BCUT2D eigenvalue weighted by atomic mass is 10.0. The fraction of sp³-hybridized carbons (Fsp3) is 0.333. The molecule has 0 fully saturated rings. The summed E-state index contributed by atoms with van der Waals surface area (Å²) in [5, 5.41) is 3.29. The minimum absolute atomic E-state index is 0.117. The Morgan fingerprint density at radius 2 is 2.10 bits per heavy atom. The first-order valence-electron chi connectivity index (χ1n) is 6.42. The first kappa shape index (κ1) is 14.9. The Labute approximate surface area is 127 Å². The highest BCUT2D eigenvalue weighted by Gasteiger charge is 2.14.